The van der Waals surface area contributed by atoms with Crippen LogP contribution in [0.25, 0.3) is 16.9 Å². The predicted molar refractivity (Wildman–Crippen MR) is 116 cm³/mol. The van der Waals surface area contributed by atoms with Gasteiger partial charge >= 0.3 is 0 Å². The van der Waals surface area contributed by atoms with E-state index in [0.717, 1.165) is 35.6 Å². The lowest BCUT2D eigenvalue weighted by molar-refractivity contribution is -0.510. The van der Waals surface area contributed by atoms with Gasteiger partial charge < -0.3 is 32.4 Å². The Bertz CT molecular complexity index is 994. The molecule has 3 aromatic rings. The number of nitrogens with zero attached hydrogens (tertiary/aromatic N) is 5. The quantitative estimate of drug-likeness (QED) is 0.207. The van der Waals surface area contributed by atoms with E-state index in [9.17, 15) is 0 Å². The van der Waals surface area contributed by atoms with Crippen LogP contribution in [0.1, 0.15) is 5.56 Å². The summed E-state index contributed by atoms with van der Waals surface area (Å²) in [6.45, 7) is 2.85. The molecule has 0 atom stereocenters. The van der Waals surface area contributed by atoms with Crippen LogP contribution >= 0.6 is 17.0 Å². The molecule has 2 aromatic heterocycles. The van der Waals surface area contributed by atoms with Crippen LogP contribution in [0.5, 0.6) is 0 Å². The molecule has 1 saturated heterocycles. The van der Waals surface area contributed by atoms with Crippen molar-refractivity contribution in [3.8, 4) is 11.3 Å². The second kappa shape index (κ2) is 10.5. The van der Waals surface area contributed by atoms with Gasteiger partial charge in [0, 0.05) is 24.7 Å². The third-order valence-corrected chi connectivity index (χ3v) is 4.74. The Morgan fingerprint density at radius 2 is 1.86 bits per heavy atom. The minimum absolute atomic E-state index is 0. The van der Waals surface area contributed by atoms with Gasteiger partial charge in [-0.1, -0.05) is 18.2 Å². The molecule has 7 nitrogen and oxygen atoms in total. The normalized spacial score (nSPS) is 14.7. The maximum Gasteiger partial charge on any atom is 0.286 e. The van der Waals surface area contributed by atoms with Crippen LogP contribution in [0.4, 0.5) is 0 Å². The molecule has 4 rings (SSSR count). The minimum Gasteiger partial charge on any atom is -1.00 e. The molecule has 0 bridgehead atoms. The molecule has 29 heavy (non-hydrogen) atoms. The molecule has 0 spiro atoms. The van der Waals surface area contributed by atoms with E-state index in [1.54, 1.807) is 6.21 Å². The number of imidazole rings is 1. The molecule has 1 aromatic carbocycles. The topological polar surface area (TPSA) is 72.2 Å². The molecule has 9 heteroatoms. The Balaban J connectivity index is 0.00000150. The lowest BCUT2D eigenvalue weighted by Crippen LogP contribution is -3.00. The molecule has 1 fully saturated rings. The number of guanidine groups is 1. The summed E-state index contributed by atoms with van der Waals surface area (Å²) in [5.74, 6) is 0.429. The molecule has 0 saturated carbocycles. The van der Waals surface area contributed by atoms with E-state index in [1.807, 2.05) is 29.2 Å². The number of aryl methyl sites for hydroxylation is 1. The lowest BCUT2D eigenvalue weighted by Gasteiger charge is -2.26. The van der Waals surface area contributed by atoms with Crippen LogP contribution in [0.2, 0.25) is 0 Å². The number of nitrogens with two attached hydrogens (primary N) is 1. The van der Waals surface area contributed by atoms with Crippen molar-refractivity contribution >= 4 is 34.8 Å². The summed E-state index contributed by atoms with van der Waals surface area (Å²) in [5, 5.41) is 8.21. The van der Waals surface area contributed by atoms with E-state index in [1.165, 1.54) is 0 Å². The Hall–Kier alpha value is -2.23. The monoisotopic (exact) mass is 522 g/mol. The highest BCUT2D eigenvalue weighted by Gasteiger charge is 2.15. The highest BCUT2D eigenvalue weighted by Crippen LogP contribution is 2.19. The number of halogens is 2. The molecular weight excluding hydrogens is 500 g/mol. The highest BCUT2D eigenvalue weighted by molar-refractivity contribution is 8.93. The summed E-state index contributed by atoms with van der Waals surface area (Å²) in [7, 11) is 2.07. The zero-order valence-electron chi connectivity index (χ0n) is 16.1. The van der Waals surface area contributed by atoms with E-state index in [-0.39, 0.29) is 34.0 Å². The van der Waals surface area contributed by atoms with Crippen LogP contribution in [0.3, 0.4) is 0 Å². The number of morpholine rings is 1. The van der Waals surface area contributed by atoms with Gasteiger partial charge in [0.2, 0.25) is 5.96 Å². The van der Waals surface area contributed by atoms with Gasteiger partial charge in [0.05, 0.1) is 32.7 Å². The highest BCUT2D eigenvalue weighted by atomic mass is 79.9. The maximum absolute atomic E-state index is 5.97. The van der Waals surface area contributed by atoms with E-state index in [2.05, 4.69) is 56.8 Å². The van der Waals surface area contributed by atoms with Crippen molar-refractivity contribution in [3.63, 3.8) is 0 Å². The van der Waals surface area contributed by atoms with E-state index < -0.39 is 0 Å². The first-order valence-electron chi connectivity index (χ1n) is 8.98. The fourth-order valence-electron chi connectivity index (χ4n) is 3.20. The summed E-state index contributed by atoms with van der Waals surface area (Å²) >= 11 is 0. The van der Waals surface area contributed by atoms with E-state index >= 15 is 0 Å². The smallest absolute Gasteiger partial charge is 0.286 e. The summed E-state index contributed by atoms with van der Waals surface area (Å²) in [5.41, 5.74) is 10.4. The van der Waals surface area contributed by atoms with Crippen molar-refractivity contribution in [1.82, 2.24) is 9.47 Å². The number of fused-ring (bicyclic) bond motifs is 1. The van der Waals surface area contributed by atoms with Crippen molar-refractivity contribution in [3.05, 3.63) is 60.4 Å². The van der Waals surface area contributed by atoms with Gasteiger partial charge in [-0.15, -0.1) is 22.1 Å². The predicted octanol–water partition coefficient (Wildman–Crippen LogP) is -1.01. The third-order valence-electron chi connectivity index (χ3n) is 4.74. The van der Waals surface area contributed by atoms with Crippen LogP contribution in [0.15, 0.2) is 65.1 Å². The maximum atomic E-state index is 5.97. The van der Waals surface area contributed by atoms with Crippen LogP contribution < -0.4 is 27.1 Å². The first-order chi connectivity index (χ1) is 13.2. The van der Waals surface area contributed by atoms with Crippen molar-refractivity contribution in [1.29, 1.82) is 0 Å². The van der Waals surface area contributed by atoms with Gasteiger partial charge in [0.15, 0.2) is 5.69 Å². The average Bonchev–Trinajstić information content (AvgIpc) is 3.06. The standard InChI is InChI=1S/C20H23N6O.2BrH/c1-24-18(15-26-9-3-2-4-19(24)26)17-7-5-16(6-8-17)14-22-23-20(21)25-10-12-27-13-11-25;;/h2-9,14-15H,10-13H2,1H3,(H2,21,23);2*1H/q+1;;/p-1/b22-14+;;. The molecular formula is C20H24Br2N6O. The first-order valence-corrected chi connectivity index (χ1v) is 8.98. The number of pyridine rings is 1. The van der Waals surface area contributed by atoms with Gasteiger partial charge in [0.25, 0.3) is 5.65 Å². The Morgan fingerprint density at radius 3 is 2.55 bits per heavy atom. The summed E-state index contributed by atoms with van der Waals surface area (Å²) in [4.78, 5) is 1.97. The SMILES string of the molecule is Br.Cn1c(-c2ccc(/C=N/N=C(\N)N3CCOCC3)cc2)c[n+]2ccccc12.[Br-]. The average molecular weight is 524 g/mol. The van der Waals surface area contributed by atoms with Crippen molar-refractivity contribution in [2.45, 2.75) is 0 Å². The van der Waals surface area contributed by atoms with Gasteiger partial charge in [-0.05, 0) is 23.8 Å². The molecule has 0 unspecified atom stereocenters. The van der Waals surface area contributed by atoms with E-state index in [4.69, 9.17) is 10.5 Å². The first kappa shape index (κ1) is 23.1. The van der Waals surface area contributed by atoms with Gasteiger partial charge in [-0.25, -0.2) is 8.97 Å². The fraction of sp³-hybridized carbons (Fsp3) is 0.250. The number of hydrogen-bond donors (Lipinski definition) is 1. The number of rotatable bonds is 3. The van der Waals surface area contributed by atoms with Crippen molar-refractivity contribution in [2.24, 2.45) is 23.0 Å². The third kappa shape index (κ3) is 5.23. The van der Waals surface area contributed by atoms with Gasteiger partial charge in [-0.2, -0.15) is 5.10 Å². The molecule has 2 N–H and O–H groups in total. The second-order valence-corrected chi connectivity index (χ2v) is 6.46. The summed E-state index contributed by atoms with van der Waals surface area (Å²) in [6, 6.07) is 14.4. The Labute approximate surface area is 191 Å². The zero-order chi connectivity index (χ0) is 18.6. The Morgan fingerprint density at radius 1 is 1.14 bits per heavy atom. The van der Waals surface area contributed by atoms with Crippen molar-refractivity contribution in [2.75, 3.05) is 26.3 Å². The zero-order valence-corrected chi connectivity index (χ0v) is 19.4. The lowest BCUT2D eigenvalue weighted by atomic mass is 10.1. The fourth-order valence-corrected chi connectivity index (χ4v) is 3.20. The van der Waals surface area contributed by atoms with Gasteiger partial charge in [0.1, 0.15) is 6.20 Å². The van der Waals surface area contributed by atoms with Crippen LogP contribution in [0, 0.1) is 0 Å². The Kier molecular flexibility index (Phi) is 8.36. The minimum atomic E-state index is 0. The second-order valence-electron chi connectivity index (χ2n) is 6.46. The molecule has 154 valence electrons. The van der Waals surface area contributed by atoms with Crippen molar-refractivity contribution < 1.29 is 26.1 Å². The van der Waals surface area contributed by atoms with Crippen LogP contribution in [-0.4, -0.2) is 47.9 Å². The number of ether oxygens (including phenoxy) is 1. The number of hydrogen-bond acceptors (Lipinski definition) is 3. The summed E-state index contributed by atoms with van der Waals surface area (Å²) in [6.07, 6.45) is 5.90. The molecule has 0 aliphatic carbocycles. The molecule has 1 aliphatic rings. The number of aromatic nitrogens is 2. The molecule has 0 radical (unpaired) electrons. The van der Waals surface area contributed by atoms with E-state index in [0.29, 0.717) is 19.2 Å². The summed E-state index contributed by atoms with van der Waals surface area (Å²) < 4.78 is 9.60. The molecule has 0 amide bonds. The molecule has 1 aliphatic heterocycles. The van der Waals surface area contributed by atoms with Crippen LogP contribution in [-0.2, 0) is 11.8 Å². The largest absolute Gasteiger partial charge is 1.00 e. The molecule has 3 heterocycles. The number of benzene rings is 1. The van der Waals surface area contributed by atoms with Gasteiger partial charge in [-0.3, -0.25) is 0 Å².